The zero-order chi connectivity index (χ0) is 11.2. The Morgan fingerprint density at radius 2 is 1.53 bits per heavy atom. The van der Waals surface area contributed by atoms with E-state index in [1.807, 2.05) is 0 Å². The fraction of sp³-hybridized carbons (Fsp3) is 0.909. The second kappa shape index (κ2) is 13.4. The van der Waals surface area contributed by atoms with Gasteiger partial charge in [0.15, 0.2) is 0 Å². The van der Waals surface area contributed by atoms with Crippen LogP contribution < -0.4 is 16.4 Å². The molecule has 0 aliphatic rings. The third-order valence-electron chi connectivity index (χ3n) is 2.19. The number of rotatable bonds is 11. The highest BCUT2D eigenvalue weighted by Gasteiger charge is 1.90. The molecule has 0 heterocycles. The van der Waals surface area contributed by atoms with Crippen molar-refractivity contribution < 1.29 is 0 Å². The highest BCUT2D eigenvalue weighted by atomic mass is 14.9. The van der Waals surface area contributed by atoms with Crippen molar-refractivity contribution in [1.29, 1.82) is 5.26 Å². The van der Waals surface area contributed by atoms with Crippen LogP contribution in [0.15, 0.2) is 0 Å². The van der Waals surface area contributed by atoms with E-state index in [-0.39, 0.29) is 0 Å². The van der Waals surface area contributed by atoms with Crippen LogP contribution in [-0.2, 0) is 0 Å². The highest BCUT2D eigenvalue weighted by Crippen LogP contribution is 2.00. The average molecular weight is 212 g/mol. The van der Waals surface area contributed by atoms with Gasteiger partial charge in [-0.15, -0.1) is 0 Å². The summed E-state index contributed by atoms with van der Waals surface area (Å²) in [6, 6.07) is 2.16. The SMILES string of the molecule is N#CCCCCCCNCCNCCN. The lowest BCUT2D eigenvalue weighted by molar-refractivity contribution is 0.570. The monoisotopic (exact) mass is 212 g/mol. The quantitative estimate of drug-likeness (QED) is 0.438. The van der Waals surface area contributed by atoms with E-state index in [9.17, 15) is 0 Å². The Morgan fingerprint density at radius 1 is 0.867 bits per heavy atom. The average Bonchev–Trinajstić information content (AvgIpc) is 2.26. The number of nitrogens with two attached hydrogens (primary N) is 1. The van der Waals surface area contributed by atoms with Gasteiger partial charge < -0.3 is 16.4 Å². The standard InChI is InChI=1S/C11H24N4/c12-6-4-2-1-3-5-8-14-10-11-15-9-7-13/h14-15H,1-5,7-11,13H2. The molecule has 0 saturated carbocycles. The minimum Gasteiger partial charge on any atom is -0.329 e. The van der Waals surface area contributed by atoms with Crippen molar-refractivity contribution in [3.8, 4) is 6.07 Å². The first-order valence-corrected chi connectivity index (χ1v) is 5.90. The summed E-state index contributed by atoms with van der Waals surface area (Å²) in [7, 11) is 0. The van der Waals surface area contributed by atoms with Gasteiger partial charge in [0.1, 0.15) is 0 Å². The topological polar surface area (TPSA) is 73.9 Å². The Kier molecular flexibility index (Phi) is 12.8. The van der Waals surface area contributed by atoms with E-state index in [1.165, 1.54) is 19.3 Å². The Labute approximate surface area is 93.2 Å². The lowest BCUT2D eigenvalue weighted by Gasteiger charge is -2.05. The molecule has 0 atom stereocenters. The summed E-state index contributed by atoms with van der Waals surface area (Å²) in [4.78, 5) is 0. The molecular formula is C11H24N4. The van der Waals surface area contributed by atoms with Gasteiger partial charge in [0, 0.05) is 32.6 Å². The molecule has 88 valence electrons. The molecule has 15 heavy (non-hydrogen) atoms. The van der Waals surface area contributed by atoms with Gasteiger partial charge in [-0.25, -0.2) is 0 Å². The zero-order valence-electron chi connectivity index (χ0n) is 9.60. The summed E-state index contributed by atoms with van der Waals surface area (Å²) in [5, 5.41) is 14.9. The van der Waals surface area contributed by atoms with Crippen molar-refractivity contribution >= 4 is 0 Å². The summed E-state index contributed by atoms with van der Waals surface area (Å²) in [5.41, 5.74) is 5.34. The molecule has 0 aliphatic heterocycles. The summed E-state index contributed by atoms with van der Waals surface area (Å²) >= 11 is 0. The van der Waals surface area contributed by atoms with Crippen molar-refractivity contribution in [3.63, 3.8) is 0 Å². The van der Waals surface area contributed by atoms with Crippen LogP contribution in [0.2, 0.25) is 0 Å². The molecule has 0 saturated heterocycles. The fourth-order valence-electron chi connectivity index (χ4n) is 1.34. The first kappa shape index (κ1) is 14.4. The molecule has 4 nitrogen and oxygen atoms in total. The Balaban J connectivity index is 2.84. The Hall–Kier alpha value is -0.630. The van der Waals surface area contributed by atoms with E-state index in [4.69, 9.17) is 11.0 Å². The molecule has 0 radical (unpaired) electrons. The number of nitriles is 1. The maximum atomic E-state index is 8.33. The van der Waals surface area contributed by atoms with Crippen LogP contribution in [0, 0.1) is 11.3 Å². The summed E-state index contributed by atoms with van der Waals surface area (Å²) in [6.07, 6.45) is 5.37. The van der Waals surface area contributed by atoms with E-state index in [2.05, 4.69) is 16.7 Å². The number of nitrogens with zero attached hydrogens (tertiary/aromatic N) is 1. The molecule has 0 unspecified atom stereocenters. The van der Waals surface area contributed by atoms with Crippen LogP contribution in [0.4, 0.5) is 0 Å². The second-order valence-corrected chi connectivity index (χ2v) is 3.61. The molecule has 0 amide bonds. The maximum Gasteiger partial charge on any atom is 0.0621 e. The Bertz CT molecular complexity index is 153. The smallest absolute Gasteiger partial charge is 0.0621 e. The highest BCUT2D eigenvalue weighted by molar-refractivity contribution is 4.67. The molecule has 0 aromatic carbocycles. The number of hydrogen-bond acceptors (Lipinski definition) is 4. The van der Waals surface area contributed by atoms with Gasteiger partial charge >= 0.3 is 0 Å². The largest absolute Gasteiger partial charge is 0.329 e. The first-order chi connectivity index (χ1) is 7.41. The number of hydrogen-bond donors (Lipinski definition) is 3. The third-order valence-corrected chi connectivity index (χ3v) is 2.19. The van der Waals surface area contributed by atoms with Gasteiger partial charge in [-0.2, -0.15) is 5.26 Å². The van der Waals surface area contributed by atoms with Crippen LogP contribution >= 0.6 is 0 Å². The van der Waals surface area contributed by atoms with Crippen LogP contribution in [0.25, 0.3) is 0 Å². The zero-order valence-corrected chi connectivity index (χ0v) is 9.60. The number of unbranched alkanes of at least 4 members (excludes halogenated alkanes) is 4. The molecule has 0 aliphatic carbocycles. The van der Waals surface area contributed by atoms with Gasteiger partial charge in [-0.1, -0.05) is 12.8 Å². The van der Waals surface area contributed by atoms with Gasteiger partial charge in [0.25, 0.3) is 0 Å². The van der Waals surface area contributed by atoms with Gasteiger partial charge in [-0.05, 0) is 19.4 Å². The molecular weight excluding hydrogens is 188 g/mol. The van der Waals surface area contributed by atoms with Crippen LogP contribution in [0.5, 0.6) is 0 Å². The van der Waals surface area contributed by atoms with E-state index >= 15 is 0 Å². The minimum atomic E-state index is 0.705. The van der Waals surface area contributed by atoms with Crippen molar-refractivity contribution in [2.24, 2.45) is 5.73 Å². The first-order valence-electron chi connectivity index (χ1n) is 5.90. The molecule has 4 heteroatoms. The Morgan fingerprint density at radius 3 is 2.20 bits per heavy atom. The van der Waals surface area contributed by atoms with E-state index in [1.54, 1.807) is 0 Å². The van der Waals surface area contributed by atoms with Crippen LogP contribution in [-0.4, -0.2) is 32.7 Å². The van der Waals surface area contributed by atoms with Crippen molar-refractivity contribution in [3.05, 3.63) is 0 Å². The summed E-state index contributed by atoms with van der Waals surface area (Å²) in [6.45, 7) is 4.69. The lowest BCUT2D eigenvalue weighted by atomic mass is 10.1. The third kappa shape index (κ3) is 13.4. The van der Waals surface area contributed by atoms with Gasteiger partial charge in [0.05, 0.1) is 6.07 Å². The van der Waals surface area contributed by atoms with E-state index < -0.39 is 0 Å². The molecule has 4 N–H and O–H groups in total. The van der Waals surface area contributed by atoms with Crippen LogP contribution in [0.1, 0.15) is 32.1 Å². The number of nitrogens with one attached hydrogen (secondary N) is 2. The minimum absolute atomic E-state index is 0.705. The molecule has 0 aromatic heterocycles. The molecule has 0 spiro atoms. The lowest BCUT2D eigenvalue weighted by Crippen LogP contribution is -2.31. The van der Waals surface area contributed by atoms with E-state index in [0.717, 1.165) is 32.6 Å². The normalized spacial score (nSPS) is 10.1. The molecule has 0 aromatic rings. The van der Waals surface area contributed by atoms with Gasteiger partial charge in [-0.3, -0.25) is 0 Å². The predicted octanol–water partition coefficient (Wildman–Crippen LogP) is 0.598. The summed E-state index contributed by atoms with van der Waals surface area (Å²) < 4.78 is 0. The van der Waals surface area contributed by atoms with Gasteiger partial charge in [0.2, 0.25) is 0 Å². The summed E-state index contributed by atoms with van der Waals surface area (Å²) in [5.74, 6) is 0. The molecule has 0 rings (SSSR count). The van der Waals surface area contributed by atoms with Crippen molar-refractivity contribution in [2.45, 2.75) is 32.1 Å². The predicted molar refractivity (Wildman–Crippen MR) is 63.5 cm³/mol. The van der Waals surface area contributed by atoms with Crippen molar-refractivity contribution in [1.82, 2.24) is 10.6 Å². The maximum absolute atomic E-state index is 8.33. The fourth-order valence-corrected chi connectivity index (χ4v) is 1.34. The van der Waals surface area contributed by atoms with E-state index in [0.29, 0.717) is 13.0 Å². The van der Waals surface area contributed by atoms with Crippen LogP contribution in [0.3, 0.4) is 0 Å². The molecule has 0 bridgehead atoms. The second-order valence-electron chi connectivity index (χ2n) is 3.61. The molecule has 0 fully saturated rings. The van der Waals surface area contributed by atoms with Crippen molar-refractivity contribution in [2.75, 3.05) is 32.7 Å².